The standard InChI is InChI=1S/C9H5BrF4O2/c1-4(15)5-2-8(16-9(12,13)14)7(11)3-6(5)10/h2-3H,1H3. The minimum atomic E-state index is -5.00. The second kappa shape index (κ2) is 4.40. The van der Waals surface area contributed by atoms with E-state index in [1.165, 1.54) is 0 Å². The van der Waals surface area contributed by atoms with Gasteiger partial charge < -0.3 is 4.74 Å². The van der Waals surface area contributed by atoms with Crippen molar-refractivity contribution >= 4 is 21.7 Å². The molecule has 0 amide bonds. The first-order valence-electron chi connectivity index (χ1n) is 3.96. The molecule has 0 aliphatic heterocycles. The van der Waals surface area contributed by atoms with Crippen LogP contribution in [-0.4, -0.2) is 12.1 Å². The maximum Gasteiger partial charge on any atom is 0.573 e. The van der Waals surface area contributed by atoms with Crippen molar-refractivity contribution < 1.29 is 27.1 Å². The Balaban J connectivity index is 3.20. The highest BCUT2D eigenvalue weighted by Gasteiger charge is 2.32. The van der Waals surface area contributed by atoms with Crippen molar-refractivity contribution in [2.24, 2.45) is 0 Å². The van der Waals surface area contributed by atoms with Crippen LogP contribution in [0.5, 0.6) is 5.75 Å². The Labute approximate surface area is 96.3 Å². The molecule has 0 aliphatic rings. The highest BCUT2D eigenvalue weighted by molar-refractivity contribution is 9.10. The van der Waals surface area contributed by atoms with E-state index in [1.54, 1.807) is 0 Å². The van der Waals surface area contributed by atoms with Crippen molar-refractivity contribution in [3.63, 3.8) is 0 Å². The van der Waals surface area contributed by atoms with E-state index in [4.69, 9.17) is 0 Å². The molecule has 2 nitrogen and oxygen atoms in total. The van der Waals surface area contributed by atoms with Gasteiger partial charge in [-0.2, -0.15) is 0 Å². The van der Waals surface area contributed by atoms with Gasteiger partial charge in [-0.1, -0.05) is 0 Å². The summed E-state index contributed by atoms with van der Waals surface area (Å²) < 4.78 is 52.2. The van der Waals surface area contributed by atoms with Crippen LogP contribution >= 0.6 is 15.9 Å². The molecule has 0 heterocycles. The fraction of sp³-hybridized carbons (Fsp3) is 0.222. The largest absolute Gasteiger partial charge is 0.573 e. The predicted molar refractivity (Wildman–Crippen MR) is 50.8 cm³/mol. The number of carbonyl (C=O) groups is 1. The van der Waals surface area contributed by atoms with Gasteiger partial charge in [0.2, 0.25) is 0 Å². The van der Waals surface area contributed by atoms with Crippen LogP contribution in [0.4, 0.5) is 17.6 Å². The molecule has 88 valence electrons. The van der Waals surface area contributed by atoms with E-state index in [9.17, 15) is 22.4 Å². The van der Waals surface area contributed by atoms with Gasteiger partial charge in [-0.3, -0.25) is 4.79 Å². The zero-order valence-corrected chi connectivity index (χ0v) is 9.45. The van der Waals surface area contributed by atoms with E-state index in [0.717, 1.165) is 13.0 Å². The average molecular weight is 301 g/mol. The first kappa shape index (κ1) is 13.0. The van der Waals surface area contributed by atoms with E-state index in [0.29, 0.717) is 6.07 Å². The molecule has 0 spiro atoms. The molecule has 0 saturated carbocycles. The van der Waals surface area contributed by atoms with Gasteiger partial charge in [0.05, 0.1) is 0 Å². The molecule has 7 heteroatoms. The minimum absolute atomic E-state index is 0.0759. The molecular formula is C9H5BrF4O2. The molecule has 1 aromatic carbocycles. The van der Waals surface area contributed by atoms with Crippen molar-refractivity contribution in [2.45, 2.75) is 13.3 Å². The van der Waals surface area contributed by atoms with Gasteiger partial charge in [-0.25, -0.2) is 4.39 Å². The molecular weight excluding hydrogens is 296 g/mol. The number of hydrogen-bond acceptors (Lipinski definition) is 2. The summed E-state index contributed by atoms with van der Waals surface area (Å²) in [7, 11) is 0. The lowest BCUT2D eigenvalue weighted by Gasteiger charge is -2.11. The first-order chi connectivity index (χ1) is 7.20. The first-order valence-corrected chi connectivity index (χ1v) is 4.75. The van der Waals surface area contributed by atoms with Gasteiger partial charge >= 0.3 is 6.36 Å². The molecule has 0 aliphatic carbocycles. The summed E-state index contributed by atoms with van der Waals surface area (Å²) in [5, 5.41) is 0. The van der Waals surface area contributed by atoms with Crippen molar-refractivity contribution in [1.29, 1.82) is 0 Å². The lowest BCUT2D eigenvalue weighted by Crippen LogP contribution is -2.18. The second-order valence-electron chi connectivity index (χ2n) is 2.87. The molecule has 0 aromatic heterocycles. The van der Waals surface area contributed by atoms with Crippen molar-refractivity contribution in [1.82, 2.24) is 0 Å². The number of alkyl halides is 3. The van der Waals surface area contributed by atoms with Crippen molar-refractivity contribution in [2.75, 3.05) is 0 Å². The summed E-state index contributed by atoms with van der Waals surface area (Å²) in [5.74, 6) is -2.73. The zero-order valence-electron chi connectivity index (χ0n) is 7.86. The van der Waals surface area contributed by atoms with Crippen LogP contribution in [0.1, 0.15) is 17.3 Å². The van der Waals surface area contributed by atoms with Gasteiger partial charge in [-0.15, -0.1) is 13.2 Å². The Morgan fingerprint density at radius 2 is 1.94 bits per heavy atom. The van der Waals surface area contributed by atoms with Crippen molar-refractivity contribution in [3.05, 3.63) is 28.0 Å². The zero-order chi connectivity index (χ0) is 12.5. The van der Waals surface area contributed by atoms with E-state index < -0.39 is 23.7 Å². The highest BCUT2D eigenvalue weighted by atomic mass is 79.9. The molecule has 0 radical (unpaired) electrons. The SMILES string of the molecule is CC(=O)c1cc(OC(F)(F)F)c(F)cc1Br. The van der Waals surface area contributed by atoms with Crippen LogP contribution in [0, 0.1) is 5.82 Å². The van der Waals surface area contributed by atoms with Crippen LogP contribution in [-0.2, 0) is 0 Å². The number of ketones is 1. The highest BCUT2D eigenvalue weighted by Crippen LogP contribution is 2.30. The average Bonchev–Trinajstić information content (AvgIpc) is 2.07. The molecule has 0 unspecified atom stereocenters. The topological polar surface area (TPSA) is 26.3 Å². The minimum Gasteiger partial charge on any atom is -0.403 e. The third kappa shape index (κ3) is 3.19. The van der Waals surface area contributed by atoms with E-state index in [1.807, 2.05) is 0 Å². The van der Waals surface area contributed by atoms with Gasteiger partial charge in [-0.05, 0) is 35.0 Å². The third-order valence-corrected chi connectivity index (χ3v) is 2.28. The van der Waals surface area contributed by atoms with Gasteiger partial charge in [0.1, 0.15) is 0 Å². The van der Waals surface area contributed by atoms with E-state index >= 15 is 0 Å². The van der Waals surface area contributed by atoms with Gasteiger partial charge in [0, 0.05) is 10.0 Å². The molecule has 0 bridgehead atoms. The number of halogens is 5. The van der Waals surface area contributed by atoms with Gasteiger partial charge in [0.15, 0.2) is 17.3 Å². The van der Waals surface area contributed by atoms with Gasteiger partial charge in [0.25, 0.3) is 0 Å². The van der Waals surface area contributed by atoms with Crippen LogP contribution in [0.15, 0.2) is 16.6 Å². The Morgan fingerprint density at radius 1 is 1.38 bits per heavy atom. The Hall–Kier alpha value is -1.11. The van der Waals surface area contributed by atoms with Crippen LogP contribution in [0.2, 0.25) is 0 Å². The molecule has 0 fully saturated rings. The number of rotatable bonds is 2. The summed E-state index contributed by atoms with van der Waals surface area (Å²) in [4.78, 5) is 11.0. The van der Waals surface area contributed by atoms with Crippen molar-refractivity contribution in [3.8, 4) is 5.75 Å². The lowest BCUT2D eigenvalue weighted by molar-refractivity contribution is -0.275. The smallest absolute Gasteiger partial charge is 0.403 e. The second-order valence-corrected chi connectivity index (χ2v) is 3.72. The molecule has 1 aromatic rings. The fourth-order valence-corrected chi connectivity index (χ4v) is 1.60. The third-order valence-electron chi connectivity index (χ3n) is 1.63. The number of hydrogen-bond donors (Lipinski definition) is 0. The molecule has 0 N–H and O–H groups in total. The van der Waals surface area contributed by atoms with Crippen LogP contribution in [0.3, 0.4) is 0 Å². The maximum atomic E-state index is 13.1. The summed E-state index contributed by atoms with van der Waals surface area (Å²) in [6, 6.07) is 1.45. The number of benzene rings is 1. The predicted octanol–water partition coefficient (Wildman–Crippen LogP) is 3.69. The molecule has 1 rings (SSSR count). The lowest BCUT2D eigenvalue weighted by atomic mass is 10.1. The maximum absolute atomic E-state index is 13.1. The van der Waals surface area contributed by atoms with E-state index in [-0.39, 0.29) is 10.0 Å². The summed E-state index contributed by atoms with van der Waals surface area (Å²) in [6.07, 6.45) is -5.00. The molecule has 16 heavy (non-hydrogen) atoms. The Morgan fingerprint density at radius 3 is 2.38 bits per heavy atom. The summed E-state index contributed by atoms with van der Waals surface area (Å²) in [5.41, 5.74) is -0.0827. The molecule has 0 atom stereocenters. The Kier molecular flexibility index (Phi) is 3.57. The quantitative estimate of drug-likeness (QED) is 0.615. The number of ether oxygens (including phenoxy) is 1. The normalized spacial score (nSPS) is 11.4. The van der Waals surface area contributed by atoms with E-state index in [2.05, 4.69) is 20.7 Å². The van der Waals surface area contributed by atoms with Crippen LogP contribution < -0.4 is 4.74 Å². The fourth-order valence-electron chi connectivity index (χ4n) is 1.00. The Bertz CT molecular complexity index is 428. The monoisotopic (exact) mass is 300 g/mol. The van der Waals surface area contributed by atoms with Crippen LogP contribution in [0.25, 0.3) is 0 Å². The summed E-state index contributed by atoms with van der Waals surface area (Å²) >= 11 is 2.86. The molecule has 0 saturated heterocycles. The number of carbonyl (C=O) groups excluding carboxylic acids is 1. The number of Topliss-reactive ketones (excluding diaryl/α,β-unsaturated/α-hetero) is 1. The summed E-state index contributed by atoms with van der Waals surface area (Å²) in [6.45, 7) is 1.15.